The lowest BCUT2D eigenvalue weighted by molar-refractivity contribution is -0.140. The van der Waals surface area contributed by atoms with Crippen molar-refractivity contribution in [3.63, 3.8) is 0 Å². The summed E-state index contributed by atoms with van der Waals surface area (Å²) in [6.45, 7) is 4.59. The van der Waals surface area contributed by atoms with Crippen molar-refractivity contribution in [3.8, 4) is 23.0 Å². The van der Waals surface area contributed by atoms with Gasteiger partial charge in [0.25, 0.3) is 11.7 Å². The molecule has 0 bridgehead atoms. The number of aryl methyl sites for hydroxylation is 1. The predicted molar refractivity (Wildman–Crippen MR) is 150 cm³/mol. The van der Waals surface area contributed by atoms with E-state index >= 15 is 0 Å². The molecule has 1 saturated heterocycles. The minimum absolute atomic E-state index is 0.0362. The lowest BCUT2D eigenvalue weighted by Gasteiger charge is -2.26. The van der Waals surface area contributed by atoms with Crippen LogP contribution < -0.4 is 18.9 Å². The van der Waals surface area contributed by atoms with Crippen molar-refractivity contribution in [2.24, 2.45) is 0 Å². The van der Waals surface area contributed by atoms with Crippen LogP contribution in [-0.2, 0) is 16.1 Å². The quantitative estimate of drug-likeness (QED) is 0.151. The van der Waals surface area contributed by atoms with Crippen molar-refractivity contribution >= 4 is 17.4 Å². The average Bonchev–Trinajstić information content (AvgIpc) is 3.21. The highest BCUT2D eigenvalue weighted by Gasteiger charge is 2.46. The molecule has 1 fully saturated rings. The van der Waals surface area contributed by atoms with Crippen molar-refractivity contribution < 1.29 is 33.6 Å². The van der Waals surface area contributed by atoms with Gasteiger partial charge in [0.2, 0.25) is 5.75 Å². The van der Waals surface area contributed by atoms with Gasteiger partial charge in [-0.15, -0.1) is 0 Å². The molecule has 4 rings (SSSR count). The Hall–Kier alpha value is -4.53. The van der Waals surface area contributed by atoms with Gasteiger partial charge < -0.3 is 29.0 Å². The first-order valence-corrected chi connectivity index (χ1v) is 13.1. The minimum atomic E-state index is -0.936. The number of rotatable bonds is 11. The molecule has 1 unspecified atom stereocenters. The number of likely N-dealkylation sites (tertiary alicyclic amines) is 1. The molecule has 0 spiro atoms. The normalized spacial score (nSPS) is 16.2. The molecular weight excluding hydrogens is 512 g/mol. The lowest BCUT2D eigenvalue weighted by atomic mass is 9.93. The van der Waals surface area contributed by atoms with Crippen LogP contribution in [0.25, 0.3) is 5.76 Å². The number of unbranched alkanes of at least 4 members (excludes halogenated alkanes) is 1. The number of aliphatic hydroxyl groups is 1. The van der Waals surface area contributed by atoms with Gasteiger partial charge in [-0.1, -0.05) is 19.4 Å². The minimum Gasteiger partial charge on any atom is -0.507 e. The molecule has 1 atom stereocenters. The molecule has 1 aliphatic heterocycles. The number of nitrogens with zero attached hydrogens (tertiary/aromatic N) is 2. The number of carbonyl (C=O) groups excluding carboxylic acids is 2. The van der Waals surface area contributed by atoms with Crippen molar-refractivity contribution in [1.82, 2.24) is 9.88 Å². The molecule has 2 heterocycles. The highest BCUT2D eigenvalue weighted by atomic mass is 16.5. The Kier molecular flexibility index (Phi) is 8.93. The zero-order valence-electron chi connectivity index (χ0n) is 23.4. The average molecular weight is 547 g/mol. The van der Waals surface area contributed by atoms with Crippen LogP contribution in [0.15, 0.2) is 60.4 Å². The summed E-state index contributed by atoms with van der Waals surface area (Å²) in [7, 11) is 4.47. The van der Waals surface area contributed by atoms with Crippen LogP contribution in [0.2, 0.25) is 0 Å². The third-order valence-electron chi connectivity index (χ3n) is 6.84. The van der Waals surface area contributed by atoms with Gasteiger partial charge in [0.1, 0.15) is 11.5 Å². The van der Waals surface area contributed by atoms with Crippen LogP contribution in [0.1, 0.15) is 48.1 Å². The Labute approximate surface area is 234 Å². The second-order valence-corrected chi connectivity index (χ2v) is 9.43. The molecule has 1 amide bonds. The van der Waals surface area contributed by atoms with Gasteiger partial charge >= 0.3 is 0 Å². The first-order valence-electron chi connectivity index (χ1n) is 13.1. The van der Waals surface area contributed by atoms with E-state index in [1.165, 1.54) is 26.2 Å². The van der Waals surface area contributed by atoms with Gasteiger partial charge in [-0.05, 0) is 66.4 Å². The maximum absolute atomic E-state index is 13.6. The highest BCUT2D eigenvalue weighted by Crippen LogP contribution is 2.46. The van der Waals surface area contributed by atoms with Crippen LogP contribution in [0.3, 0.4) is 0 Å². The van der Waals surface area contributed by atoms with E-state index in [1.54, 1.807) is 42.7 Å². The maximum atomic E-state index is 13.6. The van der Waals surface area contributed by atoms with E-state index < -0.39 is 17.7 Å². The van der Waals surface area contributed by atoms with Crippen LogP contribution in [-0.4, -0.2) is 54.6 Å². The number of hydrogen-bond donors (Lipinski definition) is 1. The fourth-order valence-electron chi connectivity index (χ4n) is 4.81. The maximum Gasteiger partial charge on any atom is 0.295 e. The van der Waals surface area contributed by atoms with Gasteiger partial charge in [0, 0.05) is 24.5 Å². The van der Waals surface area contributed by atoms with E-state index in [0.717, 1.165) is 18.4 Å². The number of aromatic nitrogens is 1. The first kappa shape index (κ1) is 28.5. The number of pyridine rings is 1. The molecule has 0 saturated carbocycles. The second kappa shape index (κ2) is 12.5. The number of methoxy groups -OCH3 is 3. The first-order chi connectivity index (χ1) is 19.3. The fraction of sp³-hybridized carbons (Fsp3) is 0.323. The molecule has 210 valence electrons. The largest absolute Gasteiger partial charge is 0.507 e. The molecule has 3 aromatic rings. The van der Waals surface area contributed by atoms with Crippen LogP contribution in [0.4, 0.5) is 0 Å². The molecule has 1 aliphatic rings. The zero-order chi connectivity index (χ0) is 28.8. The third-order valence-corrected chi connectivity index (χ3v) is 6.84. The van der Waals surface area contributed by atoms with Crippen LogP contribution in [0, 0.1) is 6.92 Å². The molecule has 1 N–H and O–H groups in total. The smallest absolute Gasteiger partial charge is 0.295 e. The summed E-state index contributed by atoms with van der Waals surface area (Å²) in [6, 6.07) is 11.3. The second-order valence-electron chi connectivity index (χ2n) is 9.43. The summed E-state index contributed by atoms with van der Waals surface area (Å²) in [5, 5.41) is 11.6. The molecule has 0 radical (unpaired) electrons. The number of carbonyl (C=O) groups is 2. The number of aliphatic hydroxyl groups excluding tert-OH is 1. The summed E-state index contributed by atoms with van der Waals surface area (Å²) in [5.41, 5.74) is 2.34. The van der Waals surface area contributed by atoms with Gasteiger partial charge in [-0.3, -0.25) is 14.6 Å². The summed E-state index contributed by atoms with van der Waals surface area (Å²) < 4.78 is 22.4. The van der Waals surface area contributed by atoms with Crippen LogP contribution in [0.5, 0.6) is 23.0 Å². The van der Waals surface area contributed by atoms with Gasteiger partial charge in [-0.2, -0.15) is 0 Å². The third kappa shape index (κ3) is 5.59. The molecule has 1 aromatic heterocycles. The highest BCUT2D eigenvalue weighted by molar-refractivity contribution is 6.46. The molecule has 2 aromatic carbocycles. The van der Waals surface area contributed by atoms with E-state index in [-0.39, 0.29) is 17.9 Å². The lowest BCUT2D eigenvalue weighted by Crippen LogP contribution is -2.29. The SMILES string of the molecule is CCCCOc1ccc(C(O)=C2C(=O)C(=O)N(Cc3cccnc3)C2c2cc(OC)c(OC)c(OC)c2)c(C)c1. The van der Waals surface area contributed by atoms with Crippen molar-refractivity contribution in [1.29, 1.82) is 0 Å². The number of hydrogen-bond acceptors (Lipinski definition) is 8. The monoisotopic (exact) mass is 546 g/mol. The van der Waals surface area contributed by atoms with Crippen molar-refractivity contribution in [3.05, 3.63) is 82.7 Å². The molecule has 40 heavy (non-hydrogen) atoms. The van der Waals surface area contributed by atoms with E-state index in [4.69, 9.17) is 18.9 Å². The van der Waals surface area contributed by atoms with E-state index in [0.29, 0.717) is 46.3 Å². The van der Waals surface area contributed by atoms with Crippen molar-refractivity contribution in [2.75, 3.05) is 27.9 Å². The fourth-order valence-corrected chi connectivity index (χ4v) is 4.81. The molecular formula is C31H34N2O7. The molecule has 9 nitrogen and oxygen atoms in total. The molecule has 0 aliphatic carbocycles. The predicted octanol–water partition coefficient (Wildman–Crippen LogP) is 5.22. The Morgan fingerprint density at radius 3 is 2.33 bits per heavy atom. The van der Waals surface area contributed by atoms with Gasteiger partial charge in [0.15, 0.2) is 11.5 Å². The van der Waals surface area contributed by atoms with E-state index in [1.807, 2.05) is 19.1 Å². The Morgan fingerprint density at radius 2 is 1.75 bits per heavy atom. The number of benzene rings is 2. The van der Waals surface area contributed by atoms with Gasteiger partial charge in [0.05, 0.1) is 39.6 Å². The Bertz CT molecular complexity index is 1390. The standard InChI is InChI=1S/C31H34N2O7/c1-6-7-13-40-22-10-11-23(19(2)14-22)28(34)26-27(21-15-24(37-3)30(39-5)25(16-21)38-4)33(31(36)29(26)35)18-20-9-8-12-32-17-20/h8-12,14-17,27,34H,6-7,13,18H2,1-5H3. The number of Topliss-reactive ketones (excluding diaryl/α,β-unsaturated/α-hetero) is 1. The summed E-state index contributed by atoms with van der Waals surface area (Å²) in [4.78, 5) is 32.6. The Balaban J connectivity index is 1.88. The van der Waals surface area contributed by atoms with E-state index in [2.05, 4.69) is 11.9 Å². The summed E-state index contributed by atoms with van der Waals surface area (Å²) in [6.07, 6.45) is 5.20. The van der Waals surface area contributed by atoms with Crippen molar-refractivity contribution in [2.45, 2.75) is 39.3 Å². The topological polar surface area (TPSA) is 107 Å². The van der Waals surface area contributed by atoms with Crippen LogP contribution >= 0.6 is 0 Å². The molecule has 9 heteroatoms. The van der Waals surface area contributed by atoms with E-state index in [9.17, 15) is 14.7 Å². The summed E-state index contributed by atoms with van der Waals surface area (Å²) >= 11 is 0. The number of ketones is 1. The Morgan fingerprint density at radius 1 is 1.02 bits per heavy atom. The number of ether oxygens (including phenoxy) is 4. The summed E-state index contributed by atoms with van der Waals surface area (Å²) in [5.74, 6) is -0.0529. The van der Waals surface area contributed by atoms with Gasteiger partial charge in [-0.25, -0.2) is 0 Å². The zero-order valence-corrected chi connectivity index (χ0v) is 23.4. The number of amides is 1.